The zero-order valence-corrected chi connectivity index (χ0v) is 12.0. The minimum atomic E-state index is 0.755. The molecule has 3 heteroatoms. The summed E-state index contributed by atoms with van der Waals surface area (Å²) in [5.74, 6) is 0. The van der Waals surface area contributed by atoms with Gasteiger partial charge in [-0.2, -0.15) is 0 Å². The summed E-state index contributed by atoms with van der Waals surface area (Å²) in [4.78, 5) is 6.92. The number of likely N-dealkylation sites (N-methyl/N-ethyl adjacent to an activating group) is 1. The Kier molecular flexibility index (Phi) is 4.74. The fourth-order valence-corrected chi connectivity index (χ4v) is 2.17. The predicted octanol–water partition coefficient (Wildman–Crippen LogP) is 3.27. The fourth-order valence-electron chi connectivity index (χ4n) is 2.17. The third-order valence-electron chi connectivity index (χ3n) is 3.30. The average molecular weight is 258 g/mol. The Morgan fingerprint density at radius 1 is 1.21 bits per heavy atom. The van der Waals surface area contributed by atoms with E-state index >= 15 is 0 Å². The van der Waals surface area contributed by atoms with Crippen molar-refractivity contribution in [3.63, 3.8) is 0 Å². The minimum Gasteiger partial charge on any atom is -0.380 e. The molecule has 1 aromatic heterocycles. The smallest absolute Gasteiger partial charge is 0.0726 e. The first-order valence-corrected chi connectivity index (χ1v) is 6.93. The Morgan fingerprint density at radius 2 is 2.00 bits per heavy atom. The maximum absolute atomic E-state index is 5.44. The largest absolute Gasteiger partial charge is 0.380 e. The summed E-state index contributed by atoms with van der Waals surface area (Å²) < 4.78 is 5.44. The van der Waals surface area contributed by atoms with Crippen molar-refractivity contribution >= 4 is 16.6 Å². The van der Waals surface area contributed by atoms with Crippen LogP contribution < -0.4 is 4.90 Å². The molecule has 102 valence electrons. The molecule has 0 saturated heterocycles. The summed E-state index contributed by atoms with van der Waals surface area (Å²) in [6, 6.07) is 10.5. The molecule has 0 atom stereocenters. The van der Waals surface area contributed by atoms with Crippen LogP contribution in [0, 0.1) is 0 Å². The van der Waals surface area contributed by atoms with Crippen LogP contribution in [0.25, 0.3) is 10.9 Å². The molecule has 0 amide bonds. The van der Waals surface area contributed by atoms with Gasteiger partial charge < -0.3 is 9.64 Å². The molecule has 3 nitrogen and oxygen atoms in total. The molecule has 19 heavy (non-hydrogen) atoms. The highest BCUT2D eigenvalue weighted by molar-refractivity contribution is 5.91. The first-order valence-electron chi connectivity index (χ1n) is 6.93. The average Bonchev–Trinajstić information content (AvgIpc) is 2.46. The molecular weight excluding hydrogens is 236 g/mol. The highest BCUT2D eigenvalue weighted by Crippen LogP contribution is 2.26. The van der Waals surface area contributed by atoms with E-state index in [4.69, 9.17) is 4.74 Å². The number of anilines is 1. The van der Waals surface area contributed by atoms with Crippen molar-refractivity contribution in [1.82, 2.24) is 4.98 Å². The van der Waals surface area contributed by atoms with E-state index in [1.54, 1.807) is 0 Å². The van der Waals surface area contributed by atoms with Gasteiger partial charge in [0.05, 0.1) is 12.1 Å². The number of para-hydroxylation sites is 1. The van der Waals surface area contributed by atoms with Crippen LogP contribution in [0.5, 0.6) is 0 Å². The molecule has 0 N–H and O–H groups in total. The van der Waals surface area contributed by atoms with Crippen LogP contribution in [0.15, 0.2) is 30.3 Å². The predicted molar refractivity (Wildman–Crippen MR) is 80.9 cm³/mol. The molecule has 0 fully saturated rings. The maximum atomic E-state index is 5.44. The second-order valence-electron chi connectivity index (χ2n) is 4.62. The summed E-state index contributed by atoms with van der Waals surface area (Å²) in [6.07, 6.45) is 0.955. The third kappa shape index (κ3) is 3.24. The van der Waals surface area contributed by atoms with Gasteiger partial charge in [-0.1, -0.05) is 25.1 Å². The van der Waals surface area contributed by atoms with Crippen LogP contribution in [0.4, 0.5) is 5.69 Å². The lowest BCUT2D eigenvalue weighted by Gasteiger charge is -2.21. The number of aryl methyl sites for hydroxylation is 1. The van der Waals surface area contributed by atoms with E-state index < -0.39 is 0 Å². The lowest BCUT2D eigenvalue weighted by molar-refractivity contribution is 0.154. The molecule has 0 aliphatic heterocycles. The Hall–Kier alpha value is -1.61. The maximum Gasteiger partial charge on any atom is 0.0726 e. The van der Waals surface area contributed by atoms with E-state index in [1.807, 2.05) is 13.0 Å². The molecule has 0 radical (unpaired) electrons. The molecule has 2 aromatic rings. The van der Waals surface area contributed by atoms with E-state index in [1.165, 1.54) is 11.1 Å². The Morgan fingerprint density at radius 3 is 2.74 bits per heavy atom. The number of ether oxygens (including phenoxy) is 1. The topological polar surface area (TPSA) is 25.4 Å². The van der Waals surface area contributed by atoms with Crippen LogP contribution >= 0.6 is 0 Å². The number of rotatable bonds is 6. The van der Waals surface area contributed by atoms with Crippen LogP contribution in [0.1, 0.15) is 19.5 Å². The van der Waals surface area contributed by atoms with Crippen LogP contribution in [-0.2, 0) is 11.2 Å². The van der Waals surface area contributed by atoms with Crippen LogP contribution in [0.3, 0.4) is 0 Å². The molecule has 1 aromatic carbocycles. The number of benzene rings is 1. The first kappa shape index (κ1) is 13.8. The van der Waals surface area contributed by atoms with E-state index in [9.17, 15) is 0 Å². The molecule has 2 rings (SSSR count). The molecule has 0 bridgehead atoms. The van der Waals surface area contributed by atoms with Gasteiger partial charge in [0, 0.05) is 37.0 Å². The van der Waals surface area contributed by atoms with E-state index in [0.29, 0.717) is 0 Å². The third-order valence-corrected chi connectivity index (χ3v) is 3.30. The zero-order chi connectivity index (χ0) is 13.7. The second-order valence-corrected chi connectivity index (χ2v) is 4.62. The van der Waals surface area contributed by atoms with Gasteiger partial charge in [0.2, 0.25) is 0 Å². The molecule has 0 aliphatic carbocycles. The van der Waals surface area contributed by atoms with Crippen LogP contribution in [-0.4, -0.2) is 31.8 Å². The normalized spacial score (nSPS) is 10.9. The lowest BCUT2D eigenvalue weighted by Crippen LogP contribution is -2.23. The number of hydrogen-bond donors (Lipinski definition) is 0. The molecular formula is C16H22N2O. The quantitative estimate of drug-likeness (QED) is 0.744. The zero-order valence-electron chi connectivity index (χ0n) is 12.0. The highest BCUT2D eigenvalue weighted by atomic mass is 16.5. The highest BCUT2D eigenvalue weighted by Gasteiger charge is 2.08. The summed E-state index contributed by atoms with van der Waals surface area (Å²) in [7, 11) is 2.11. The number of pyridine rings is 1. The number of fused-ring (bicyclic) bond motifs is 1. The fraction of sp³-hybridized carbons (Fsp3) is 0.438. The van der Waals surface area contributed by atoms with Gasteiger partial charge in [-0.3, -0.25) is 4.98 Å². The van der Waals surface area contributed by atoms with Gasteiger partial charge in [0.1, 0.15) is 0 Å². The molecule has 1 heterocycles. The molecule has 0 saturated carbocycles. The Bertz CT molecular complexity index is 539. The summed E-state index contributed by atoms with van der Waals surface area (Å²) in [5.41, 5.74) is 3.44. The van der Waals surface area contributed by atoms with Crippen molar-refractivity contribution in [2.24, 2.45) is 0 Å². The Balaban J connectivity index is 2.34. The van der Waals surface area contributed by atoms with Crippen molar-refractivity contribution in [3.05, 3.63) is 36.0 Å². The van der Waals surface area contributed by atoms with Gasteiger partial charge >= 0.3 is 0 Å². The molecule has 0 spiro atoms. The summed E-state index contributed by atoms with van der Waals surface area (Å²) in [5, 5.41) is 1.21. The monoisotopic (exact) mass is 258 g/mol. The first-order chi connectivity index (χ1) is 9.26. The van der Waals surface area contributed by atoms with Crippen molar-refractivity contribution in [2.75, 3.05) is 31.7 Å². The lowest BCUT2D eigenvalue weighted by atomic mass is 10.1. The van der Waals surface area contributed by atoms with Crippen molar-refractivity contribution in [2.45, 2.75) is 20.3 Å². The van der Waals surface area contributed by atoms with Gasteiger partial charge in [-0.05, 0) is 25.5 Å². The van der Waals surface area contributed by atoms with Gasteiger partial charge in [0.25, 0.3) is 0 Å². The van der Waals surface area contributed by atoms with E-state index in [0.717, 1.165) is 37.4 Å². The summed E-state index contributed by atoms with van der Waals surface area (Å²) >= 11 is 0. The van der Waals surface area contributed by atoms with Crippen molar-refractivity contribution in [1.29, 1.82) is 0 Å². The van der Waals surface area contributed by atoms with Crippen molar-refractivity contribution in [3.8, 4) is 0 Å². The Labute approximate surface area is 115 Å². The minimum absolute atomic E-state index is 0.755. The van der Waals surface area contributed by atoms with Gasteiger partial charge in [-0.15, -0.1) is 0 Å². The van der Waals surface area contributed by atoms with E-state index in [-0.39, 0.29) is 0 Å². The molecule has 0 aliphatic rings. The molecule has 0 unspecified atom stereocenters. The summed E-state index contributed by atoms with van der Waals surface area (Å²) in [6.45, 7) is 6.58. The van der Waals surface area contributed by atoms with Gasteiger partial charge in [-0.25, -0.2) is 0 Å². The number of hydrogen-bond acceptors (Lipinski definition) is 3. The number of aromatic nitrogens is 1. The van der Waals surface area contributed by atoms with Crippen molar-refractivity contribution < 1.29 is 4.74 Å². The standard InChI is InChI=1S/C16H22N2O/c1-4-13-12-16(18(3)10-11-19-5-2)14-8-6-7-9-15(14)17-13/h6-9,12H,4-5,10-11H2,1-3H3. The van der Waals surface area contributed by atoms with E-state index in [2.05, 4.69) is 48.1 Å². The van der Waals surface area contributed by atoms with Crippen LogP contribution in [0.2, 0.25) is 0 Å². The van der Waals surface area contributed by atoms with Gasteiger partial charge in [0.15, 0.2) is 0 Å². The number of nitrogens with zero attached hydrogens (tertiary/aromatic N) is 2. The SMILES string of the molecule is CCOCCN(C)c1cc(CC)nc2ccccc12. The second kappa shape index (κ2) is 6.53.